The van der Waals surface area contributed by atoms with Gasteiger partial charge in [0.15, 0.2) is 34.7 Å². The lowest BCUT2D eigenvalue weighted by atomic mass is 9.52. The van der Waals surface area contributed by atoms with Gasteiger partial charge in [0.1, 0.15) is 11.6 Å². The van der Waals surface area contributed by atoms with Crippen LogP contribution >= 0.6 is 0 Å². The second-order valence-electron chi connectivity index (χ2n) is 13.0. The molecule has 1 saturated heterocycles. The molecule has 1 heterocycles. The van der Waals surface area contributed by atoms with Crippen LogP contribution in [-0.2, 0) is 32.1 Å². The second-order valence-corrected chi connectivity index (χ2v) is 13.0. The maximum Gasteiger partial charge on any atom is 0.235 e. The number of aliphatic hydroxyl groups is 1. The number of carbonyl (C=O) groups excluding carboxylic acids is 5. The molecule has 3 fully saturated rings. The van der Waals surface area contributed by atoms with E-state index in [4.69, 9.17) is 5.73 Å². The molecule has 6 rings (SSSR count). The van der Waals surface area contributed by atoms with Crippen molar-refractivity contribution in [1.29, 1.82) is 0 Å². The minimum Gasteiger partial charge on any atom is -0.507 e. The van der Waals surface area contributed by atoms with Crippen LogP contribution in [-0.4, -0.2) is 87.9 Å². The van der Waals surface area contributed by atoms with Crippen LogP contribution in [0.1, 0.15) is 52.2 Å². The fourth-order valence-electron chi connectivity index (χ4n) is 8.21. The van der Waals surface area contributed by atoms with Crippen molar-refractivity contribution in [3.05, 3.63) is 64.5 Å². The Morgan fingerprint density at radius 3 is 2.36 bits per heavy atom. The topological polar surface area (TPSA) is 158 Å². The number of Topliss-reactive ketones (excluding diaryl/α,β-unsaturated/α-hetero) is 4. The van der Waals surface area contributed by atoms with Crippen LogP contribution in [0.3, 0.4) is 0 Å². The molecular weight excluding hydrogens is 569 g/mol. The number of aromatic hydroxyl groups is 1. The van der Waals surface area contributed by atoms with E-state index in [9.17, 15) is 34.2 Å². The van der Waals surface area contributed by atoms with E-state index in [1.54, 1.807) is 0 Å². The number of rotatable bonds is 5. The molecular formula is C33H36FN3O7. The van der Waals surface area contributed by atoms with Gasteiger partial charge in [0.25, 0.3) is 0 Å². The molecule has 6 atom stereocenters. The van der Waals surface area contributed by atoms with E-state index < -0.39 is 75.9 Å². The Kier molecular flexibility index (Phi) is 7.54. The van der Waals surface area contributed by atoms with Crippen LogP contribution in [0.15, 0.2) is 36.4 Å². The Bertz CT molecular complexity index is 1570. The van der Waals surface area contributed by atoms with E-state index in [-0.39, 0.29) is 36.1 Å². The molecule has 0 bridgehead atoms. The van der Waals surface area contributed by atoms with Crippen LogP contribution in [0.5, 0.6) is 5.75 Å². The van der Waals surface area contributed by atoms with Crippen molar-refractivity contribution in [1.82, 2.24) is 9.80 Å². The van der Waals surface area contributed by atoms with Gasteiger partial charge in [-0.3, -0.25) is 33.8 Å². The van der Waals surface area contributed by atoms with E-state index >= 15 is 4.39 Å². The number of amides is 1. The van der Waals surface area contributed by atoms with E-state index in [1.165, 1.54) is 30.6 Å². The average Bonchev–Trinajstić information content (AvgIpc) is 2.98. The molecule has 4 aliphatic rings. The summed E-state index contributed by atoms with van der Waals surface area (Å²) in [5.74, 6) is -11.8. The first kappa shape index (κ1) is 30.2. The van der Waals surface area contributed by atoms with E-state index in [0.29, 0.717) is 5.92 Å². The Morgan fingerprint density at radius 1 is 1.09 bits per heavy atom. The highest BCUT2D eigenvalue weighted by Gasteiger charge is 2.69. The molecule has 2 saturated carbocycles. The van der Waals surface area contributed by atoms with Gasteiger partial charge in [-0.05, 0) is 76.3 Å². The molecule has 2 aromatic carbocycles. The van der Waals surface area contributed by atoms with Crippen LogP contribution < -0.4 is 5.73 Å². The highest BCUT2D eigenvalue weighted by atomic mass is 19.1. The molecule has 0 spiro atoms. The molecule has 2 aromatic rings. The van der Waals surface area contributed by atoms with Crippen LogP contribution in [0.4, 0.5) is 4.39 Å². The summed E-state index contributed by atoms with van der Waals surface area (Å²) in [7, 11) is 3.03. The molecule has 4 N–H and O–H groups in total. The number of phenolic OH excluding ortho intramolecular Hbond substituents is 1. The smallest absolute Gasteiger partial charge is 0.235 e. The number of hydrogen-bond acceptors (Lipinski definition) is 9. The average molecular weight is 606 g/mol. The molecule has 11 heteroatoms. The molecule has 0 radical (unpaired) electrons. The molecule has 44 heavy (non-hydrogen) atoms. The van der Waals surface area contributed by atoms with Gasteiger partial charge >= 0.3 is 0 Å². The number of piperidine rings is 1. The number of carbonyl (C=O) groups is 5. The van der Waals surface area contributed by atoms with Gasteiger partial charge in [-0.2, -0.15) is 0 Å². The van der Waals surface area contributed by atoms with Gasteiger partial charge in [0.05, 0.1) is 17.5 Å². The summed E-state index contributed by atoms with van der Waals surface area (Å²) in [6.45, 7) is 1.70. The quantitative estimate of drug-likeness (QED) is 0.428. The number of nitrogens with zero attached hydrogens (tertiary/aromatic N) is 2. The molecule has 10 nitrogen and oxygen atoms in total. The van der Waals surface area contributed by atoms with Gasteiger partial charge in [-0.1, -0.05) is 30.3 Å². The van der Waals surface area contributed by atoms with E-state index in [0.717, 1.165) is 25.9 Å². The molecule has 0 aromatic heterocycles. The second kappa shape index (κ2) is 11.0. The zero-order valence-electron chi connectivity index (χ0n) is 24.7. The standard InChI is InChI=1S/C33H36FN3O7/c1-36(2)27-21-13-18-12-20-24(28(39)23(18)30(41)33(21,44)31(42)25(29(27)40)32(35)43)22(38)14-19(26(20)34)15-37-10-8-17(9-11-37)16-6-4-3-5-7-16/h3-7,14,17-18,21,23,25,27,38,44H,8-13,15H2,1-2H3,(H2,35,43)/t18-,21-,23?,25?,27-,33-/m0/s1. The SMILES string of the molecule is CN(C)[C@@H]1C(=O)C(C(N)=O)C(=O)[C@@]2(O)C(=O)C3C(=O)c4c(O)cc(CN5CCC(c6ccccc6)CC5)c(F)c4C[C@H]3C[C@@H]12. The first-order chi connectivity index (χ1) is 20.9. The maximum atomic E-state index is 16.1. The minimum absolute atomic E-state index is 0.00598. The van der Waals surface area contributed by atoms with E-state index in [2.05, 4.69) is 17.0 Å². The van der Waals surface area contributed by atoms with Gasteiger partial charge in [0, 0.05) is 23.6 Å². The molecule has 1 aliphatic heterocycles. The van der Waals surface area contributed by atoms with Crippen molar-refractivity contribution in [3.8, 4) is 5.75 Å². The fourth-order valence-corrected chi connectivity index (χ4v) is 8.21. The monoisotopic (exact) mass is 605 g/mol. The third-order valence-corrected chi connectivity index (χ3v) is 10.3. The third-order valence-electron chi connectivity index (χ3n) is 10.3. The van der Waals surface area contributed by atoms with Crippen LogP contribution in [0.2, 0.25) is 0 Å². The summed E-state index contributed by atoms with van der Waals surface area (Å²) >= 11 is 0. The van der Waals surface area contributed by atoms with Crippen molar-refractivity contribution in [2.45, 2.75) is 49.8 Å². The Hall–Kier alpha value is -3.80. The molecule has 2 unspecified atom stereocenters. The predicted molar refractivity (Wildman–Crippen MR) is 155 cm³/mol. The van der Waals surface area contributed by atoms with Crippen LogP contribution in [0.25, 0.3) is 0 Å². The predicted octanol–water partition coefficient (Wildman–Crippen LogP) is 1.39. The summed E-state index contributed by atoms with van der Waals surface area (Å²) in [5.41, 5.74) is 3.71. The zero-order valence-corrected chi connectivity index (χ0v) is 24.7. The number of primary amides is 1. The lowest BCUT2D eigenvalue weighted by Crippen LogP contribution is -2.74. The van der Waals surface area contributed by atoms with Gasteiger partial charge in [-0.25, -0.2) is 4.39 Å². The summed E-state index contributed by atoms with van der Waals surface area (Å²) in [5, 5.41) is 22.6. The van der Waals surface area contributed by atoms with Crippen molar-refractivity contribution in [2.24, 2.45) is 29.4 Å². The first-order valence-electron chi connectivity index (χ1n) is 15.0. The summed E-state index contributed by atoms with van der Waals surface area (Å²) < 4.78 is 16.1. The number of benzene rings is 2. The number of ketones is 4. The minimum atomic E-state index is -2.81. The van der Waals surface area contributed by atoms with Gasteiger partial charge < -0.3 is 15.9 Å². The normalized spacial score (nSPS) is 31.1. The zero-order chi connectivity index (χ0) is 31.7. The molecule has 1 amide bonds. The number of fused-ring (bicyclic) bond motifs is 3. The number of hydrogen-bond donors (Lipinski definition) is 3. The highest BCUT2D eigenvalue weighted by molar-refractivity contribution is 6.32. The van der Waals surface area contributed by atoms with Crippen LogP contribution in [0, 0.1) is 29.5 Å². The first-order valence-corrected chi connectivity index (χ1v) is 15.0. The van der Waals surface area contributed by atoms with Gasteiger partial charge in [-0.15, -0.1) is 0 Å². The number of halogens is 1. The Balaban J connectivity index is 1.29. The van der Waals surface area contributed by atoms with Crippen molar-refractivity contribution in [3.63, 3.8) is 0 Å². The van der Waals surface area contributed by atoms with Crippen molar-refractivity contribution < 1.29 is 38.6 Å². The Labute approximate surface area is 254 Å². The lowest BCUT2D eigenvalue weighted by molar-refractivity contribution is -0.181. The summed E-state index contributed by atoms with van der Waals surface area (Å²) in [6.07, 6.45) is 1.58. The highest BCUT2D eigenvalue weighted by Crippen LogP contribution is 2.51. The van der Waals surface area contributed by atoms with Crippen molar-refractivity contribution >= 4 is 29.0 Å². The molecule has 232 valence electrons. The summed E-state index contributed by atoms with van der Waals surface area (Å²) in [6, 6.07) is 10.2. The maximum absolute atomic E-state index is 16.1. The largest absolute Gasteiger partial charge is 0.507 e. The third kappa shape index (κ3) is 4.52. The van der Waals surface area contributed by atoms with E-state index in [1.807, 2.05) is 18.2 Å². The fraction of sp³-hybridized carbons (Fsp3) is 0.485. The number of nitrogens with two attached hydrogens (primary N) is 1. The Morgan fingerprint density at radius 2 is 1.75 bits per heavy atom. The summed E-state index contributed by atoms with van der Waals surface area (Å²) in [4.78, 5) is 69.9. The van der Waals surface area contributed by atoms with Crippen molar-refractivity contribution in [2.75, 3.05) is 27.2 Å². The number of likely N-dealkylation sites (tertiary alicyclic amines) is 1. The number of likely N-dealkylation sites (N-methyl/N-ethyl adjacent to an activating group) is 1. The van der Waals surface area contributed by atoms with Gasteiger partial charge in [0.2, 0.25) is 5.91 Å². The molecule has 3 aliphatic carbocycles. The lowest BCUT2D eigenvalue weighted by Gasteiger charge is -2.52. The number of phenols is 1.